The minimum atomic E-state index is -0.000692. The number of aromatic nitrogens is 3. The SMILES string of the molecule is O=c1c2ccccc2nc2n1CCc1cc3cc(Cl)ccc3nc1-2. The van der Waals surface area contributed by atoms with Gasteiger partial charge in [0.25, 0.3) is 5.56 Å². The van der Waals surface area contributed by atoms with Crippen molar-refractivity contribution in [1.29, 1.82) is 0 Å². The zero-order valence-corrected chi connectivity index (χ0v) is 13.4. The number of fused-ring (bicyclic) bond motifs is 5. The minimum absolute atomic E-state index is 0.000692. The molecule has 0 unspecified atom stereocenters. The lowest BCUT2D eigenvalue weighted by Gasteiger charge is -2.21. The quantitative estimate of drug-likeness (QED) is 0.491. The highest BCUT2D eigenvalue weighted by molar-refractivity contribution is 6.31. The zero-order valence-electron chi connectivity index (χ0n) is 12.7. The second-order valence-electron chi connectivity index (χ2n) is 5.99. The molecule has 24 heavy (non-hydrogen) atoms. The van der Waals surface area contributed by atoms with E-state index in [2.05, 4.69) is 6.07 Å². The summed E-state index contributed by atoms with van der Waals surface area (Å²) in [7, 11) is 0. The third-order valence-electron chi connectivity index (χ3n) is 4.53. The molecule has 1 aliphatic heterocycles. The number of para-hydroxylation sites is 1. The van der Waals surface area contributed by atoms with Gasteiger partial charge in [-0.2, -0.15) is 0 Å². The molecule has 1 aliphatic rings. The number of nitrogens with zero attached hydrogens (tertiary/aromatic N) is 3. The normalized spacial score (nSPS) is 13.0. The van der Waals surface area contributed by atoms with E-state index >= 15 is 0 Å². The van der Waals surface area contributed by atoms with E-state index in [1.807, 2.05) is 42.5 Å². The molecule has 4 aromatic rings. The van der Waals surface area contributed by atoms with Gasteiger partial charge >= 0.3 is 0 Å². The van der Waals surface area contributed by atoms with Crippen LogP contribution in [0, 0.1) is 0 Å². The predicted molar refractivity (Wildman–Crippen MR) is 95.5 cm³/mol. The Balaban J connectivity index is 1.87. The number of hydrogen-bond donors (Lipinski definition) is 0. The summed E-state index contributed by atoms with van der Waals surface area (Å²) in [6.07, 6.45) is 0.762. The van der Waals surface area contributed by atoms with Crippen LogP contribution in [0.5, 0.6) is 0 Å². The fraction of sp³-hybridized carbons (Fsp3) is 0.105. The van der Waals surface area contributed by atoms with Crippen LogP contribution in [0.15, 0.2) is 53.3 Å². The van der Waals surface area contributed by atoms with Gasteiger partial charge in [-0.25, -0.2) is 9.97 Å². The third kappa shape index (κ3) is 1.90. The number of hydrogen-bond acceptors (Lipinski definition) is 3. The summed E-state index contributed by atoms with van der Waals surface area (Å²) in [4.78, 5) is 22.3. The fourth-order valence-electron chi connectivity index (χ4n) is 3.36. The van der Waals surface area contributed by atoms with Crippen molar-refractivity contribution in [3.8, 4) is 11.5 Å². The van der Waals surface area contributed by atoms with E-state index in [0.717, 1.165) is 28.6 Å². The van der Waals surface area contributed by atoms with Crippen molar-refractivity contribution in [3.63, 3.8) is 0 Å². The van der Waals surface area contributed by atoms with Gasteiger partial charge in [-0.05, 0) is 48.4 Å². The van der Waals surface area contributed by atoms with Crippen molar-refractivity contribution in [2.45, 2.75) is 13.0 Å². The van der Waals surface area contributed by atoms with Crippen molar-refractivity contribution in [2.24, 2.45) is 0 Å². The number of halogens is 1. The molecular weight excluding hydrogens is 322 g/mol. The summed E-state index contributed by atoms with van der Waals surface area (Å²) in [5, 5.41) is 2.36. The summed E-state index contributed by atoms with van der Waals surface area (Å²) in [6, 6.07) is 15.2. The van der Waals surface area contributed by atoms with Crippen LogP contribution >= 0.6 is 11.6 Å². The maximum Gasteiger partial charge on any atom is 0.261 e. The first-order chi connectivity index (χ1) is 11.7. The van der Waals surface area contributed by atoms with Gasteiger partial charge in [0.2, 0.25) is 0 Å². The second kappa shape index (κ2) is 4.89. The van der Waals surface area contributed by atoms with Crippen LogP contribution in [-0.2, 0) is 13.0 Å². The van der Waals surface area contributed by atoms with E-state index < -0.39 is 0 Å². The summed E-state index contributed by atoms with van der Waals surface area (Å²) in [6.45, 7) is 0.618. The summed E-state index contributed by atoms with van der Waals surface area (Å²) in [5.41, 5.74) is 3.46. The van der Waals surface area contributed by atoms with Gasteiger partial charge in [0.05, 0.1) is 16.4 Å². The Kier molecular flexibility index (Phi) is 2.79. The van der Waals surface area contributed by atoms with E-state index in [-0.39, 0.29) is 5.56 Å². The van der Waals surface area contributed by atoms with Crippen LogP contribution in [0.1, 0.15) is 5.56 Å². The van der Waals surface area contributed by atoms with Gasteiger partial charge in [0.1, 0.15) is 5.69 Å². The van der Waals surface area contributed by atoms with Gasteiger partial charge in [-0.3, -0.25) is 9.36 Å². The monoisotopic (exact) mass is 333 g/mol. The van der Waals surface area contributed by atoms with E-state index in [0.29, 0.717) is 28.3 Å². The van der Waals surface area contributed by atoms with Crippen molar-refractivity contribution < 1.29 is 0 Å². The molecule has 0 saturated carbocycles. The Bertz CT molecular complexity index is 1200. The third-order valence-corrected chi connectivity index (χ3v) is 4.77. The van der Waals surface area contributed by atoms with E-state index in [9.17, 15) is 4.79 Å². The van der Waals surface area contributed by atoms with Crippen molar-refractivity contribution >= 4 is 33.4 Å². The van der Waals surface area contributed by atoms with Crippen molar-refractivity contribution in [2.75, 3.05) is 0 Å². The molecule has 0 amide bonds. The Hall–Kier alpha value is -2.72. The van der Waals surface area contributed by atoms with Gasteiger partial charge in [0.15, 0.2) is 5.82 Å². The average Bonchev–Trinajstić information content (AvgIpc) is 2.60. The summed E-state index contributed by atoms with van der Waals surface area (Å²) in [5.74, 6) is 0.650. The first-order valence-electron chi connectivity index (χ1n) is 7.80. The van der Waals surface area contributed by atoms with Crippen molar-refractivity contribution in [3.05, 3.63) is 69.5 Å². The molecule has 4 nitrogen and oxygen atoms in total. The van der Waals surface area contributed by atoms with E-state index in [4.69, 9.17) is 21.6 Å². The largest absolute Gasteiger partial charge is 0.290 e. The van der Waals surface area contributed by atoms with Gasteiger partial charge in [-0.15, -0.1) is 0 Å². The Labute approximate surface area is 142 Å². The van der Waals surface area contributed by atoms with Crippen LogP contribution in [0.3, 0.4) is 0 Å². The average molecular weight is 334 g/mol. The molecule has 0 radical (unpaired) electrons. The van der Waals surface area contributed by atoms with Crippen molar-refractivity contribution in [1.82, 2.24) is 14.5 Å². The molecular formula is C19H12ClN3O. The molecule has 0 bridgehead atoms. The standard InChI is InChI=1S/C19H12ClN3O/c20-13-5-6-15-12(10-13)9-11-7-8-23-18(17(11)21-15)22-16-4-2-1-3-14(16)19(23)24/h1-6,9-10H,7-8H2. The molecule has 0 N–H and O–H groups in total. The molecule has 5 rings (SSSR count). The molecule has 0 fully saturated rings. The molecule has 0 spiro atoms. The molecule has 0 aliphatic carbocycles. The highest BCUT2D eigenvalue weighted by Crippen LogP contribution is 2.30. The van der Waals surface area contributed by atoms with Crippen LogP contribution in [0.4, 0.5) is 0 Å². The van der Waals surface area contributed by atoms with Gasteiger partial charge in [-0.1, -0.05) is 23.7 Å². The number of pyridine rings is 1. The smallest absolute Gasteiger partial charge is 0.261 e. The maximum atomic E-state index is 12.8. The van der Waals surface area contributed by atoms with Crippen LogP contribution in [0.2, 0.25) is 5.02 Å². The van der Waals surface area contributed by atoms with Crippen LogP contribution < -0.4 is 5.56 Å². The number of rotatable bonds is 0. The van der Waals surface area contributed by atoms with Crippen LogP contribution in [0.25, 0.3) is 33.3 Å². The van der Waals surface area contributed by atoms with Crippen LogP contribution in [-0.4, -0.2) is 14.5 Å². The lowest BCUT2D eigenvalue weighted by molar-refractivity contribution is 0.648. The Morgan fingerprint density at radius 1 is 1.00 bits per heavy atom. The lowest BCUT2D eigenvalue weighted by atomic mass is 10.0. The molecule has 5 heteroatoms. The summed E-state index contributed by atoms with van der Waals surface area (Å²) < 4.78 is 1.74. The lowest BCUT2D eigenvalue weighted by Crippen LogP contribution is -2.28. The number of benzene rings is 2. The maximum absolute atomic E-state index is 12.8. The highest BCUT2D eigenvalue weighted by atomic mass is 35.5. The topological polar surface area (TPSA) is 47.8 Å². The molecule has 0 atom stereocenters. The molecule has 116 valence electrons. The van der Waals surface area contributed by atoms with Gasteiger partial charge in [0, 0.05) is 17.0 Å². The highest BCUT2D eigenvalue weighted by Gasteiger charge is 2.22. The van der Waals surface area contributed by atoms with E-state index in [1.54, 1.807) is 4.57 Å². The van der Waals surface area contributed by atoms with Gasteiger partial charge < -0.3 is 0 Å². The minimum Gasteiger partial charge on any atom is -0.290 e. The Morgan fingerprint density at radius 3 is 2.79 bits per heavy atom. The Morgan fingerprint density at radius 2 is 1.88 bits per heavy atom. The second-order valence-corrected chi connectivity index (χ2v) is 6.43. The summed E-state index contributed by atoms with van der Waals surface area (Å²) >= 11 is 6.08. The molecule has 3 heterocycles. The predicted octanol–water partition coefficient (Wildman–Crippen LogP) is 3.82. The zero-order chi connectivity index (χ0) is 16.3. The van der Waals surface area contributed by atoms with E-state index in [1.165, 1.54) is 0 Å². The number of aryl methyl sites for hydroxylation is 1. The fourth-order valence-corrected chi connectivity index (χ4v) is 3.54. The molecule has 0 saturated heterocycles. The first-order valence-corrected chi connectivity index (χ1v) is 8.18. The molecule has 2 aromatic heterocycles. The molecule has 2 aromatic carbocycles. The first kappa shape index (κ1) is 13.7.